The van der Waals surface area contributed by atoms with E-state index in [1.165, 1.54) is 18.2 Å². The Bertz CT molecular complexity index is 570. The van der Waals surface area contributed by atoms with Gasteiger partial charge in [0.2, 0.25) is 0 Å². The molecule has 0 radical (unpaired) electrons. The van der Waals surface area contributed by atoms with Crippen molar-refractivity contribution >= 4 is 11.6 Å². The Labute approximate surface area is 116 Å². The predicted molar refractivity (Wildman–Crippen MR) is 72.8 cm³/mol. The molecule has 0 aliphatic carbocycles. The van der Waals surface area contributed by atoms with Crippen molar-refractivity contribution in [2.24, 2.45) is 0 Å². The number of benzene rings is 2. The summed E-state index contributed by atoms with van der Waals surface area (Å²) >= 11 is 5.96. The molecule has 1 N–H and O–H groups in total. The molecule has 1 atom stereocenters. The Morgan fingerprint density at radius 3 is 2.79 bits per heavy atom. The highest BCUT2D eigenvalue weighted by molar-refractivity contribution is 6.31. The second kappa shape index (κ2) is 6.04. The summed E-state index contributed by atoms with van der Waals surface area (Å²) in [4.78, 5) is 0. The lowest BCUT2D eigenvalue weighted by molar-refractivity contribution is 0.198. The zero-order chi connectivity index (χ0) is 13.8. The van der Waals surface area contributed by atoms with E-state index in [-0.39, 0.29) is 12.4 Å². The van der Waals surface area contributed by atoms with Crippen LogP contribution in [0.2, 0.25) is 5.02 Å². The minimum atomic E-state index is -0.554. The Hall–Kier alpha value is -1.58. The van der Waals surface area contributed by atoms with E-state index in [2.05, 4.69) is 0 Å². The van der Waals surface area contributed by atoms with E-state index in [1.807, 2.05) is 6.07 Å². The Morgan fingerprint density at radius 2 is 2.05 bits per heavy atom. The topological polar surface area (TPSA) is 29.5 Å². The first-order chi connectivity index (χ1) is 9.06. The van der Waals surface area contributed by atoms with Gasteiger partial charge < -0.3 is 9.84 Å². The number of aliphatic hydroxyl groups is 1. The highest BCUT2D eigenvalue weighted by atomic mass is 35.5. The molecule has 19 heavy (non-hydrogen) atoms. The van der Waals surface area contributed by atoms with Crippen LogP contribution in [0.1, 0.15) is 24.2 Å². The highest BCUT2D eigenvalue weighted by Crippen LogP contribution is 2.22. The van der Waals surface area contributed by atoms with Gasteiger partial charge in [-0.2, -0.15) is 0 Å². The van der Waals surface area contributed by atoms with Gasteiger partial charge in [-0.15, -0.1) is 0 Å². The fourth-order valence-electron chi connectivity index (χ4n) is 1.68. The first kappa shape index (κ1) is 13.8. The van der Waals surface area contributed by atoms with Gasteiger partial charge in [0.15, 0.2) is 0 Å². The molecule has 100 valence electrons. The van der Waals surface area contributed by atoms with Crippen LogP contribution < -0.4 is 4.74 Å². The summed E-state index contributed by atoms with van der Waals surface area (Å²) in [5, 5.41) is 9.95. The molecule has 2 nitrogen and oxygen atoms in total. The molecule has 0 saturated heterocycles. The molecule has 0 heterocycles. The molecule has 0 fully saturated rings. The van der Waals surface area contributed by atoms with Gasteiger partial charge in [-0.1, -0.05) is 23.7 Å². The van der Waals surface area contributed by atoms with Crippen molar-refractivity contribution in [2.45, 2.75) is 19.6 Å². The minimum Gasteiger partial charge on any atom is -0.489 e. The highest BCUT2D eigenvalue weighted by Gasteiger charge is 2.05. The normalized spacial score (nSPS) is 12.2. The van der Waals surface area contributed by atoms with Gasteiger partial charge in [0.05, 0.1) is 6.10 Å². The Kier molecular flexibility index (Phi) is 4.40. The van der Waals surface area contributed by atoms with Crippen molar-refractivity contribution < 1.29 is 14.2 Å². The second-order valence-electron chi connectivity index (χ2n) is 4.27. The lowest BCUT2D eigenvalue weighted by atomic mass is 10.1. The molecule has 0 unspecified atom stereocenters. The Balaban J connectivity index is 2.10. The van der Waals surface area contributed by atoms with Gasteiger partial charge in [-0.25, -0.2) is 4.39 Å². The van der Waals surface area contributed by atoms with Gasteiger partial charge in [-0.05, 0) is 42.8 Å². The van der Waals surface area contributed by atoms with Crippen LogP contribution in [0.25, 0.3) is 0 Å². The average molecular weight is 281 g/mol. The van der Waals surface area contributed by atoms with Crippen LogP contribution in [0, 0.1) is 5.82 Å². The average Bonchev–Trinajstić information content (AvgIpc) is 2.40. The summed E-state index contributed by atoms with van der Waals surface area (Å²) < 4.78 is 18.7. The number of hydrogen-bond donors (Lipinski definition) is 1. The monoisotopic (exact) mass is 280 g/mol. The molecule has 0 bridgehead atoms. The molecule has 2 aromatic rings. The maximum atomic E-state index is 13.1. The van der Waals surface area contributed by atoms with Crippen molar-refractivity contribution in [1.82, 2.24) is 0 Å². The maximum Gasteiger partial charge on any atom is 0.123 e. The van der Waals surface area contributed by atoms with Crippen LogP contribution in [0.3, 0.4) is 0 Å². The van der Waals surface area contributed by atoms with Crippen molar-refractivity contribution in [2.75, 3.05) is 0 Å². The molecule has 0 aliphatic rings. The molecular weight excluding hydrogens is 267 g/mol. The van der Waals surface area contributed by atoms with Crippen LogP contribution in [0.5, 0.6) is 5.75 Å². The van der Waals surface area contributed by atoms with Crippen molar-refractivity contribution in [3.63, 3.8) is 0 Å². The van der Waals surface area contributed by atoms with Crippen LogP contribution in [0.4, 0.5) is 4.39 Å². The molecule has 0 amide bonds. The van der Waals surface area contributed by atoms with Gasteiger partial charge in [0.25, 0.3) is 0 Å². The molecule has 0 aliphatic heterocycles. The number of rotatable bonds is 4. The first-order valence-corrected chi connectivity index (χ1v) is 6.29. The van der Waals surface area contributed by atoms with E-state index in [0.717, 1.165) is 5.56 Å². The van der Waals surface area contributed by atoms with Crippen molar-refractivity contribution in [3.8, 4) is 5.75 Å². The molecule has 0 spiro atoms. The summed E-state index contributed by atoms with van der Waals surface area (Å²) in [7, 11) is 0. The van der Waals surface area contributed by atoms with Crippen LogP contribution >= 0.6 is 11.6 Å². The number of hydrogen-bond acceptors (Lipinski definition) is 2. The summed E-state index contributed by atoms with van der Waals surface area (Å²) in [5.41, 5.74) is 1.35. The third kappa shape index (κ3) is 3.69. The van der Waals surface area contributed by atoms with Gasteiger partial charge >= 0.3 is 0 Å². The number of ether oxygens (including phenoxy) is 1. The summed E-state index contributed by atoms with van der Waals surface area (Å²) in [6.45, 7) is 1.86. The maximum absolute atomic E-state index is 13.1. The van der Waals surface area contributed by atoms with E-state index in [9.17, 15) is 9.50 Å². The largest absolute Gasteiger partial charge is 0.489 e. The molecule has 2 rings (SSSR count). The third-order valence-corrected chi connectivity index (χ3v) is 3.11. The number of aliphatic hydroxyl groups excluding tert-OH is 1. The SMILES string of the molecule is C[C@@H](O)c1cccc(OCc2cc(F)ccc2Cl)c1. The van der Waals surface area contributed by atoms with E-state index in [1.54, 1.807) is 25.1 Å². The van der Waals surface area contributed by atoms with Crippen molar-refractivity contribution in [3.05, 3.63) is 64.4 Å². The Morgan fingerprint density at radius 1 is 1.26 bits per heavy atom. The van der Waals surface area contributed by atoms with Gasteiger partial charge in [0.1, 0.15) is 18.2 Å². The smallest absolute Gasteiger partial charge is 0.123 e. The van der Waals surface area contributed by atoms with Crippen LogP contribution in [0.15, 0.2) is 42.5 Å². The standard InChI is InChI=1S/C15H14ClFO2/c1-10(18)11-3-2-4-14(8-11)19-9-12-7-13(17)5-6-15(12)16/h2-8,10,18H,9H2,1H3/t10-/m1/s1. The fourth-order valence-corrected chi connectivity index (χ4v) is 1.85. The fraction of sp³-hybridized carbons (Fsp3) is 0.200. The van der Waals surface area contributed by atoms with Crippen LogP contribution in [-0.2, 0) is 6.61 Å². The van der Waals surface area contributed by atoms with Crippen LogP contribution in [-0.4, -0.2) is 5.11 Å². The van der Waals surface area contributed by atoms with Gasteiger partial charge in [0, 0.05) is 10.6 Å². The van der Waals surface area contributed by atoms with E-state index >= 15 is 0 Å². The zero-order valence-electron chi connectivity index (χ0n) is 10.4. The van der Waals surface area contributed by atoms with E-state index in [4.69, 9.17) is 16.3 Å². The molecule has 4 heteroatoms. The quantitative estimate of drug-likeness (QED) is 0.913. The summed E-state index contributed by atoms with van der Waals surface area (Å²) in [5.74, 6) is 0.263. The molecule has 0 aromatic heterocycles. The third-order valence-electron chi connectivity index (χ3n) is 2.74. The predicted octanol–water partition coefficient (Wildman–Crippen LogP) is 4.11. The van der Waals surface area contributed by atoms with E-state index < -0.39 is 6.10 Å². The summed E-state index contributed by atoms with van der Waals surface area (Å²) in [6, 6.07) is 11.3. The molecular formula is C15H14ClFO2. The minimum absolute atomic E-state index is 0.180. The lowest BCUT2D eigenvalue weighted by Gasteiger charge is -2.10. The number of halogens is 2. The van der Waals surface area contributed by atoms with Crippen molar-refractivity contribution in [1.29, 1.82) is 0 Å². The second-order valence-corrected chi connectivity index (χ2v) is 4.68. The first-order valence-electron chi connectivity index (χ1n) is 5.91. The zero-order valence-corrected chi connectivity index (χ0v) is 11.2. The molecule has 0 saturated carbocycles. The summed E-state index contributed by atoms with van der Waals surface area (Å²) in [6.07, 6.45) is -0.554. The molecule has 2 aromatic carbocycles. The lowest BCUT2D eigenvalue weighted by Crippen LogP contribution is -1.98. The van der Waals surface area contributed by atoms with Gasteiger partial charge in [-0.3, -0.25) is 0 Å². The van der Waals surface area contributed by atoms with E-state index in [0.29, 0.717) is 16.3 Å².